The molecule has 0 atom stereocenters. The molecule has 0 fully saturated rings. The molecular formula is C16H11BrClNO. The molecule has 3 rings (SSSR count). The van der Waals surface area contributed by atoms with E-state index in [9.17, 15) is 4.79 Å². The minimum atomic E-state index is 0.0841. The first-order valence-corrected chi connectivity index (χ1v) is 7.35. The molecule has 100 valence electrons. The van der Waals surface area contributed by atoms with Crippen LogP contribution in [0.4, 0.5) is 0 Å². The summed E-state index contributed by atoms with van der Waals surface area (Å²) >= 11 is 9.49. The van der Waals surface area contributed by atoms with E-state index in [0.29, 0.717) is 17.0 Å². The van der Waals surface area contributed by atoms with E-state index in [0.717, 1.165) is 20.9 Å². The first-order valence-electron chi connectivity index (χ1n) is 6.18. The zero-order valence-electron chi connectivity index (χ0n) is 10.5. The second-order valence-corrected chi connectivity index (χ2v) is 5.91. The fourth-order valence-electron chi connectivity index (χ4n) is 2.23. The van der Waals surface area contributed by atoms with Crippen LogP contribution in [0, 0.1) is 0 Å². The molecule has 0 radical (unpaired) electrons. The normalized spacial score (nSPS) is 10.9. The van der Waals surface area contributed by atoms with Gasteiger partial charge in [-0.25, -0.2) is 0 Å². The number of hydrogen-bond donors (Lipinski definition) is 1. The van der Waals surface area contributed by atoms with Gasteiger partial charge in [0.1, 0.15) is 0 Å². The van der Waals surface area contributed by atoms with E-state index in [2.05, 4.69) is 20.9 Å². The third-order valence-electron chi connectivity index (χ3n) is 3.24. The number of H-pyrrole nitrogens is 1. The van der Waals surface area contributed by atoms with Crippen molar-refractivity contribution in [3.05, 3.63) is 69.3 Å². The lowest BCUT2D eigenvalue weighted by Gasteiger charge is -2.01. The molecule has 0 saturated carbocycles. The van der Waals surface area contributed by atoms with Crippen molar-refractivity contribution in [2.75, 3.05) is 0 Å². The average Bonchev–Trinajstić information content (AvgIpc) is 2.87. The van der Waals surface area contributed by atoms with Gasteiger partial charge in [-0.3, -0.25) is 4.79 Å². The molecule has 1 aromatic heterocycles. The molecule has 3 aromatic rings. The van der Waals surface area contributed by atoms with Gasteiger partial charge in [0.2, 0.25) is 0 Å². The summed E-state index contributed by atoms with van der Waals surface area (Å²) in [6.45, 7) is 0. The highest BCUT2D eigenvalue weighted by Crippen LogP contribution is 2.26. The van der Waals surface area contributed by atoms with Gasteiger partial charge in [-0.2, -0.15) is 0 Å². The standard InChI is InChI=1S/C16H11BrClNO/c17-11-6-4-10(5-7-11)8-15(20)13-9-19-16-12(13)2-1-3-14(16)18/h1-7,9,19H,8H2. The highest BCUT2D eigenvalue weighted by Gasteiger charge is 2.13. The van der Waals surface area contributed by atoms with E-state index in [1.807, 2.05) is 42.5 Å². The minimum absolute atomic E-state index is 0.0841. The second-order valence-electron chi connectivity index (χ2n) is 4.59. The highest BCUT2D eigenvalue weighted by atomic mass is 79.9. The van der Waals surface area contributed by atoms with E-state index < -0.39 is 0 Å². The van der Waals surface area contributed by atoms with Gasteiger partial charge in [-0.15, -0.1) is 0 Å². The average molecular weight is 349 g/mol. The molecule has 0 aliphatic rings. The van der Waals surface area contributed by atoms with Crippen molar-refractivity contribution < 1.29 is 4.79 Å². The van der Waals surface area contributed by atoms with Crippen LogP contribution in [0.15, 0.2) is 53.1 Å². The van der Waals surface area contributed by atoms with Crippen LogP contribution in [-0.4, -0.2) is 10.8 Å². The number of carbonyl (C=O) groups is 1. The summed E-state index contributed by atoms with van der Waals surface area (Å²) < 4.78 is 1.01. The third-order valence-corrected chi connectivity index (χ3v) is 4.09. The summed E-state index contributed by atoms with van der Waals surface area (Å²) in [5, 5.41) is 1.50. The van der Waals surface area contributed by atoms with Crippen molar-refractivity contribution in [1.82, 2.24) is 4.98 Å². The number of Topliss-reactive ketones (excluding diaryl/α,β-unsaturated/α-hetero) is 1. The van der Waals surface area contributed by atoms with Gasteiger partial charge >= 0.3 is 0 Å². The number of aromatic amines is 1. The van der Waals surface area contributed by atoms with E-state index in [1.54, 1.807) is 6.20 Å². The van der Waals surface area contributed by atoms with E-state index in [4.69, 9.17) is 11.6 Å². The van der Waals surface area contributed by atoms with Crippen molar-refractivity contribution in [3.63, 3.8) is 0 Å². The summed E-state index contributed by atoms with van der Waals surface area (Å²) in [4.78, 5) is 15.5. The molecule has 0 unspecified atom stereocenters. The molecule has 1 heterocycles. The van der Waals surface area contributed by atoms with Gasteiger partial charge in [0.05, 0.1) is 10.5 Å². The molecule has 0 aliphatic heterocycles. The number of para-hydroxylation sites is 1. The van der Waals surface area contributed by atoms with Gasteiger partial charge < -0.3 is 4.98 Å². The predicted octanol–water partition coefficient (Wildman–Crippen LogP) is 5.01. The quantitative estimate of drug-likeness (QED) is 0.663. The third kappa shape index (κ3) is 2.51. The molecule has 4 heteroatoms. The smallest absolute Gasteiger partial charge is 0.169 e. The maximum atomic E-state index is 12.4. The number of nitrogens with one attached hydrogen (secondary N) is 1. The van der Waals surface area contributed by atoms with Crippen LogP contribution in [-0.2, 0) is 6.42 Å². The maximum absolute atomic E-state index is 12.4. The molecular weight excluding hydrogens is 338 g/mol. The zero-order valence-corrected chi connectivity index (χ0v) is 12.8. The molecule has 20 heavy (non-hydrogen) atoms. The Morgan fingerprint density at radius 2 is 1.90 bits per heavy atom. The molecule has 0 spiro atoms. The van der Waals surface area contributed by atoms with Crippen molar-refractivity contribution in [2.24, 2.45) is 0 Å². The summed E-state index contributed by atoms with van der Waals surface area (Å²) in [7, 11) is 0. The highest BCUT2D eigenvalue weighted by molar-refractivity contribution is 9.10. The van der Waals surface area contributed by atoms with Crippen molar-refractivity contribution >= 4 is 44.2 Å². The first kappa shape index (κ1) is 13.4. The Hall–Kier alpha value is -1.58. The number of rotatable bonds is 3. The first-order chi connectivity index (χ1) is 9.65. The Balaban J connectivity index is 1.93. The molecule has 0 saturated heterocycles. The number of halogens is 2. The van der Waals surface area contributed by atoms with Crippen molar-refractivity contribution in [2.45, 2.75) is 6.42 Å². The van der Waals surface area contributed by atoms with Crippen LogP contribution < -0.4 is 0 Å². The van der Waals surface area contributed by atoms with E-state index in [1.165, 1.54) is 0 Å². The fraction of sp³-hybridized carbons (Fsp3) is 0.0625. The number of aromatic nitrogens is 1. The number of hydrogen-bond acceptors (Lipinski definition) is 1. The lowest BCUT2D eigenvalue weighted by molar-refractivity contribution is 0.0994. The van der Waals surface area contributed by atoms with Gasteiger partial charge in [0, 0.05) is 28.0 Å². The Morgan fingerprint density at radius 1 is 1.15 bits per heavy atom. The molecule has 2 aromatic carbocycles. The van der Waals surface area contributed by atoms with Crippen LogP contribution in [0.1, 0.15) is 15.9 Å². The summed E-state index contributed by atoms with van der Waals surface area (Å²) in [5.74, 6) is 0.0841. The lowest BCUT2D eigenvalue weighted by atomic mass is 10.0. The summed E-state index contributed by atoms with van der Waals surface area (Å²) in [6, 6.07) is 13.3. The maximum Gasteiger partial charge on any atom is 0.169 e. The van der Waals surface area contributed by atoms with Gasteiger partial charge in [0.25, 0.3) is 0 Å². The minimum Gasteiger partial charge on any atom is -0.359 e. The lowest BCUT2D eigenvalue weighted by Crippen LogP contribution is -2.02. The van der Waals surface area contributed by atoms with Crippen molar-refractivity contribution in [1.29, 1.82) is 0 Å². The molecule has 0 amide bonds. The van der Waals surface area contributed by atoms with Crippen molar-refractivity contribution in [3.8, 4) is 0 Å². The Kier molecular flexibility index (Phi) is 3.64. The summed E-state index contributed by atoms with van der Waals surface area (Å²) in [6.07, 6.45) is 2.12. The van der Waals surface area contributed by atoms with Gasteiger partial charge in [-0.1, -0.05) is 51.8 Å². The van der Waals surface area contributed by atoms with Crippen LogP contribution in [0.5, 0.6) is 0 Å². The molecule has 2 nitrogen and oxygen atoms in total. The Bertz CT molecular complexity index is 777. The Morgan fingerprint density at radius 3 is 2.65 bits per heavy atom. The predicted molar refractivity (Wildman–Crippen MR) is 85.5 cm³/mol. The molecule has 0 aliphatic carbocycles. The molecule has 1 N–H and O–H groups in total. The fourth-order valence-corrected chi connectivity index (χ4v) is 2.72. The summed E-state index contributed by atoms with van der Waals surface area (Å²) in [5.41, 5.74) is 2.49. The number of carbonyl (C=O) groups excluding carboxylic acids is 1. The molecule has 0 bridgehead atoms. The van der Waals surface area contributed by atoms with Crippen LogP contribution in [0.2, 0.25) is 5.02 Å². The SMILES string of the molecule is O=C(Cc1ccc(Br)cc1)c1c[nH]c2c(Cl)cccc12. The zero-order chi connectivity index (χ0) is 14.1. The topological polar surface area (TPSA) is 32.9 Å². The van der Waals surface area contributed by atoms with E-state index >= 15 is 0 Å². The van der Waals surface area contributed by atoms with E-state index in [-0.39, 0.29) is 5.78 Å². The number of benzene rings is 2. The monoisotopic (exact) mass is 347 g/mol. The van der Waals surface area contributed by atoms with Crippen LogP contribution in [0.25, 0.3) is 10.9 Å². The number of fused-ring (bicyclic) bond motifs is 1. The van der Waals surface area contributed by atoms with Crippen LogP contribution >= 0.6 is 27.5 Å². The largest absolute Gasteiger partial charge is 0.359 e. The van der Waals surface area contributed by atoms with Crippen LogP contribution in [0.3, 0.4) is 0 Å². The Labute approximate surface area is 129 Å². The van der Waals surface area contributed by atoms with Gasteiger partial charge in [0.15, 0.2) is 5.78 Å². The second kappa shape index (κ2) is 5.43. The van der Waals surface area contributed by atoms with Gasteiger partial charge in [-0.05, 0) is 23.8 Å². The number of ketones is 1.